The summed E-state index contributed by atoms with van der Waals surface area (Å²) in [4.78, 5) is 0. The Kier molecular flexibility index (Phi) is 16.2. The third-order valence-electron chi connectivity index (χ3n) is 20.3. The summed E-state index contributed by atoms with van der Waals surface area (Å²) in [5, 5.41) is 129. The molecule has 10 rings (SSSR count). The zero-order chi connectivity index (χ0) is 52.2. The van der Waals surface area contributed by atoms with Gasteiger partial charge in [0.15, 0.2) is 30.9 Å². The highest BCUT2D eigenvalue weighted by Gasteiger charge is 2.69. The standard InChI is InChI=1S/C51H84O22/c1-20-8-13-51(65-18-20)21(2)32-28(73-51)15-27-25-7-6-23-14-24(9-11-49(23,4)26(25)10-12-50(27,32)5)67-48-44(72-47-41(62)38(59)35(56)30(17-53)69-47)42(63)43(71-46-40(61)36(57)33(54)22(3)66-46)31(70-48)19-64-45-39(60)37(58)34(55)29(16-52)68-45/h20-48,52-63H,6-19H2,1-5H3/t20-,21-,22-,23+,24-,25+,26-,27-,28?,29+,30+,31+,32-,33-,34+,35+,36+,37-,38-,39+,40+,41+,42-,43+,44+,45+,46-,47-,48+,49-,50-,51+/m0/s1. The molecular weight excluding hydrogens is 965 g/mol. The molecule has 0 bridgehead atoms. The van der Waals surface area contributed by atoms with Gasteiger partial charge in [-0.05, 0) is 111 Å². The highest BCUT2D eigenvalue weighted by molar-refractivity contribution is 5.15. The zero-order valence-electron chi connectivity index (χ0n) is 42.6. The van der Waals surface area contributed by atoms with E-state index >= 15 is 0 Å². The molecule has 1 unspecified atom stereocenters. The van der Waals surface area contributed by atoms with Crippen molar-refractivity contribution in [2.75, 3.05) is 26.4 Å². The number of fused-ring (bicyclic) bond motifs is 7. The summed E-state index contributed by atoms with van der Waals surface area (Å²) in [6, 6.07) is 0. The van der Waals surface area contributed by atoms with Crippen molar-refractivity contribution in [3.05, 3.63) is 0 Å². The maximum atomic E-state index is 12.5. The van der Waals surface area contributed by atoms with E-state index in [1.807, 2.05) is 0 Å². The summed E-state index contributed by atoms with van der Waals surface area (Å²) < 4.78 is 62.5. The van der Waals surface area contributed by atoms with Gasteiger partial charge in [-0.2, -0.15) is 0 Å². The Labute approximate surface area is 426 Å². The fourth-order valence-electron chi connectivity index (χ4n) is 16.0. The van der Waals surface area contributed by atoms with Crippen LogP contribution in [0.5, 0.6) is 0 Å². The lowest BCUT2D eigenvalue weighted by Crippen LogP contribution is -2.67. The normalized spacial score (nSPS) is 58.2. The first-order chi connectivity index (χ1) is 34.6. The van der Waals surface area contributed by atoms with Crippen molar-refractivity contribution in [2.24, 2.45) is 52.3 Å². The molecule has 22 heteroatoms. The lowest BCUT2D eigenvalue weighted by atomic mass is 9.44. The second kappa shape index (κ2) is 21.3. The van der Waals surface area contributed by atoms with Crippen molar-refractivity contribution in [1.29, 1.82) is 0 Å². The Morgan fingerprint density at radius 1 is 0.521 bits per heavy atom. The molecule has 0 aromatic rings. The molecule has 420 valence electrons. The van der Waals surface area contributed by atoms with Crippen molar-refractivity contribution >= 4 is 0 Å². The van der Waals surface area contributed by atoms with Gasteiger partial charge in [0.05, 0.1) is 44.7 Å². The lowest BCUT2D eigenvalue weighted by Gasteiger charge is -2.61. The molecule has 10 fully saturated rings. The van der Waals surface area contributed by atoms with E-state index in [1.165, 1.54) is 6.92 Å². The van der Waals surface area contributed by atoms with E-state index in [1.54, 1.807) is 0 Å². The average Bonchev–Trinajstić information content (AvgIpc) is 3.82. The minimum Gasteiger partial charge on any atom is -0.394 e. The molecule has 6 aliphatic heterocycles. The molecule has 0 radical (unpaired) electrons. The topological polar surface area (TPSA) is 335 Å². The SMILES string of the molecule is C[C@H]1CC[C@@]2(OC1)OC1C[C@H]3[C@@H]4CC[C@@H]5C[C@@H](O[C@@H]6O[C@H](CO[C@@H]7O[C@H](CO)[C@@H](O)[C@H](O)[C@H]7O)[C@@H](O[C@@H]7O[C@@H](C)[C@H](O)[C@@H](O)[C@H]7O)[C@H](O)[C@H]6O[C@@H]6O[C@H](CO)[C@@H](O)[C@H](O)[C@H]6O)CC[C@]5(C)[C@H]4CC[C@]3(C)[C@H]1[C@@H]2C. The number of aliphatic hydroxyl groups is 12. The van der Waals surface area contributed by atoms with Gasteiger partial charge in [0.1, 0.15) is 91.6 Å². The minimum absolute atomic E-state index is 0.00805. The summed E-state index contributed by atoms with van der Waals surface area (Å²) in [6.07, 6.45) is -23.7. The van der Waals surface area contributed by atoms with Crippen LogP contribution in [0.4, 0.5) is 0 Å². The summed E-state index contributed by atoms with van der Waals surface area (Å²) in [6.45, 7) is 9.64. The first-order valence-corrected chi connectivity index (χ1v) is 27.2. The number of rotatable bonds is 11. The van der Waals surface area contributed by atoms with Crippen LogP contribution in [-0.2, 0) is 47.4 Å². The van der Waals surface area contributed by atoms with Gasteiger partial charge in [-0.3, -0.25) is 0 Å². The van der Waals surface area contributed by atoms with Gasteiger partial charge in [0.25, 0.3) is 0 Å². The second-order valence-corrected chi connectivity index (χ2v) is 24.4. The van der Waals surface area contributed by atoms with Gasteiger partial charge in [0, 0.05) is 12.3 Å². The van der Waals surface area contributed by atoms with Crippen LogP contribution in [0.3, 0.4) is 0 Å². The van der Waals surface area contributed by atoms with Gasteiger partial charge >= 0.3 is 0 Å². The van der Waals surface area contributed by atoms with Crippen molar-refractivity contribution in [2.45, 2.75) is 240 Å². The van der Waals surface area contributed by atoms with Crippen LogP contribution in [0.1, 0.15) is 98.8 Å². The Morgan fingerprint density at radius 3 is 1.78 bits per heavy atom. The molecule has 73 heavy (non-hydrogen) atoms. The van der Waals surface area contributed by atoms with Crippen LogP contribution in [0.25, 0.3) is 0 Å². The second-order valence-electron chi connectivity index (χ2n) is 24.4. The van der Waals surface area contributed by atoms with Gasteiger partial charge in [-0.15, -0.1) is 0 Å². The highest BCUT2D eigenvalue weighted by Crippen LogP contribution is 2.71. The van der Waals surface area contributed by atoms with E-state index in [9.17, 15) is 61.3 Å². The van der Waals surface area contributed by atoms with Crippen LogP contribution in [0.15, 0.2) is 0 Å². The Hall–Kier alpha value is -0.880. The molecule has 12 N–H and O–H groups in total. The molecule has 6 heterocycles. The number of ether oxygens (including phenoxy) is 10. The quantitative estimate of drug-likeness (QED) is 0.101. The number of aliphatic hydroxyl groups excluding tert-OH is 12. The molecule has 0 amide bonds. The predicted molar refractivity (Wildman–Crippen MR) is 247 cm³/mol. The van der Waals surface area contributed by atoms with Crippen LogP contribution in [0, 0.1) is 52.3 Å². The molecular formula is C51H84O22. The molecule has 10 aliphatic rings. The van der Waals surface area contributed by atoms with Crippen molar-refractivity contribution in [3.8, 4) is 0 Å². The highest BCUT2D eigenvalue weighted by atomic mass is 16.8. The molecule has 4 saturated carbocycles. The van der Waals surface area contributed by atoms with E-state index < -0.39 is 155 Å². The van der Waals surface area contributed by atoms with Gasteiger partial charge < -0.3 is 109 Å². The van der Waals surface area contributed by atoms with Gasteiger partial charge in [-0.25, -0.2) is 0 Å². The molecule has 32 atom stereocenters. The Balaban J connectivity index is 0.890. The number of hydrogen-bond acceptors (Lipinski definition) is 22. The summed E-state index contributed by atoms with van der Waals surface area (Å²) >= 11 is 0. The first kappa shape index (κ1) is 55.4. The van der Waals surface area contributed by atoms with Crippen molar-refractivity contribution < 1.29 is 109 Å². The predicted octanol–water partition coefficient (Wildman–Crippen LogP) is -1.88. The minimum atomic E-state index is -1.90. The zero-order valence-corrected chi connectivity index (χ0v) is 42.6. The molecule has 1 spiro atoms. The maximum absolute atomic E-state index is 12.5. The largest absolute Gasteiger partial charge is 0.394 e. The van der Waals surface area contributed by atoms with Crippen molar-refractivity contribution in [3.63, 3.8) is 0 Å². The van der Waals surface area contributed by atoms with E-state index in [0.29, 0.717) is 48.3 Å². The number of hydrogen-bond donors (Lipinski definition) is 12. The summed E-state index contributed by atoms with van der Waals surface area (Å²) in [5.41, 5.74) is 0.166. The van der Waals surface area contributed by atoms with E-state index in [2.05, 4.69) is 27.7 Å². The van der Waals surface area contributed by atoms with Crippen LogP contribution in [-0.4, -0.2) is 229 Å². The Bertz CT molecular complexity index is 1860. The van der Waals surface area contributed by atoms with Crippen LogP contribution >= 0.6 is 0 Å². The van der Waals surface area contributed by atoms with Gasteiger partial charge in [0.2, 0.25) is 0 Å². The van der Waals surface area contributed by atoms with E-state index in [0.717, 1.165) is 58.0 Å². The first-order valence-electron chi connectivity index (χ1n) is 27.2. The van der Waals surface area contributed by atoms with Crippen LogP contribution < -0.4 is 0 Å². The average molecular weight is 1050 g/mol. The molecule has 6 saturated heterocycles. The smallest absolute Gasteiger partial charge is 0.187 e. The molecule has 22 nitrogen and oxygen atoms in total. The fourth-order valence-corrected chi connectivity index (χ4v) is 16.0. The molecule has 0 aromatic heterocycles. The van der Waals surface area contributed by atoms with Crippen molar-refractivity contribution in [1.82, 2.24) is 0 Å². The van der Waals surface area contributed by atoms with E-state index in [4.69, 9.17) is 47.4 Å². The Morgan fingerprint density at radius 2 is 1.12 bits per heavy atom. The fraction of sp³-hybridized carbons (Fsp3) is 1.00. The third-order valence-corrected chi connectivity index (χ3v) is 20.3. The van der Waals surface area contributed by atoms with E-state index in [-0.39, 0.29) is 22.9 Å². The lowest BCUT2D eigenvalue weighted by molar-refractivity contribution is -0.395. The molecule has 4 aliphatic carbocycles. The van der Waals surface area contributed by atoms with Crippen LogP contribution in [0.2, 0.25) is 0 Å². The third kappa shape index (κ3) is 9.60. The summed E-state index contributed by atoms with van der Waals surface area (Å²) in [7, 11) is 0. The summed E-state index contributed by atoms with van der Waals surface area (Å²) in [5.74, 6) is 2.69. The van der Waals surface area contributed by atoms with Gasteiger partial charge in [-0.1, -0.05) is 27.7 Å². The monoisotopic (exact) mass is 1050 g/mol. The molecule has 0 aromatic carbocycles. The maximum Gasteiger partial charge on any atom is 0.187 e.